The van der Waals surface area contributed by atoms with E-state index in [0.29, 0.717) is 18.5 Å². The molecule has 1 aliphatic heterocycles. The van der Waals surface area contributed by atoms with Crippen molar-refractivity contribution in [2.45, 2.75) is 12.0 Å². The van der Waals surface area contributed by atoms with Gasteiger partial charge in [0.15, 0.2) is 0 Å². The van der Waals surface area contributed by atoms with Crippen LogP contribution in [0.15, 0.2) is 24.3 Å². The van der Waals surface area contributed by atoms with E-state index in [1.54, 1.807) is 0 Å². The van der Waals surface area contributed by atoms with E-state index in [4.69, 9.17) is 10.5 Å². The number of rotatable bonds is 2. The molecule has 86 valence electrons. The molecule has 0 saturated carbocycles. The first-order valence-electron chi connectivity index (χ1n) is 5.89. The number of nitrogens with zero attached hydrogens (tertiary/aromatic N) is 1. The molecule has 3 nitrogen and oxygen atoms in total. The van der Waals surface area contributed by atoms with Gasteiger partial charge >= 0.3 is 0 Å². The molecular weight excluding hydrogens is 200 g/mol. The molecule has 1 saturated heterocycles. The fourth-order valence-electron chi connectivity index (χ4n) is 3.34. The maximum Gasteiger partial charge on any atom is 0.0870 e. The summed E-state index contributed by atoms with van der Waals surface area (Å²) in [6.07, 6.45) is 0.262. The van der Waals surface area contributed by atoms with Crippen LogP contribution in [0, 0.1) is 5.92 Å². The second-order valence-corrected chi connectivity index (χ2v) is 4.77. The van der Waals surface area contributed by atoms with E-state index >= 15 is 0 Å². The monoisotopic (exact) mass is 218 g/mol. The molecule has 3 heteroatoms. The van der Waals surface area contributed by atoms with Crippen molar-refractivity contribution in [1.82, 2.24) is 4.90 Å². The third-order valence-electron chi connectivity index (χ3n) is 4.04. The van der Waals surface area contributed by atoms with E-state index in [1.807, 2.05) is 7.11 Å². The van der Waals surface area contributed by atoms with Crippen molar-refractivity contribution < 1.29 is 4.74 Å². The van der Waals surface area contributed by atoms with Crippen LogP contribution in [0.25, 0.3) is 0 Å². The standard InChI is InChI=1S/C13H18N2O/c1-16-13-10-5-3-2-4-9(10)11-6-15(8-14)7-12(11)13/h2-5,11-13H,6-8,14H2,1H3. The summed E-state index contributed by atoms with van der Waals surface area (Å²) < 4.78 is 5.68. The zero-order valence-electron chi connectivity index (χ0n) is 9.60. The third kappa shape index (κ3) is 1.32. The van der Waals surface area contributed by atoms with Crippen molar-refractivity contribution in [3.8, 4) is 0 Å². The molecule has 1 aliphatic carbocycles. The molecule has 3 rings (SSSR count). The van der Waals surface area contributed by atoms with Gasteiger partial charge in [-0.1, -0.05) is 24.3 Å². The Kier molecular flexibility index (Phi) is 2.46. The lowest BCUT2D eigenvalue weighted by Gasteiger charge is -2.19. The van der Waals surface area contributed by atoms with Crippen molar-refractivity contribution >= 4 is 0 Å². The molecule has 0 radical (unpaired) electrons. The lowest BCUT2D eigenvalue weighted by atomic mass is 9.96. The molecule has 2 N–H and O–H groups in total. The van der Waals surface area contributed by atoms with Gasteiger partial charge in [0, 0.05) is 38.7 Å². The molecule has 0 amide bonds. The molecule has 0 spiro atoms. The minimum Gasteiger partial charge on any atom is -0.376 e. The van der Waals surface area contributed by atoms with E-state index in [-0.39, 0.29) is 6.10 Å². The average molecular weight is 218 g/mol. The summed E-state index contributed by atoms with van der Waals surface area (Å²) in [6, 6.07) is 8.67. The van der Waals surface area contributed by atoms with Gasteiger partial charge in [0.05, 0.1) is 6.10 Å². The van der Waals surface area contributed by atoms with Crippen LogP contribution in [0.3, 0.4) is 0 Å². The largest absolute Gasteiger partial charge is 0.376 e. The Labute approximate surface area is 96.2 Å². The van der Waals surface area contributed by atoms with Crippen LogP contribution in [0.4, 0.5) is 0 Å². The van der Waals surface area contributed by atoms with E-state index in [0.717, 1.165) is 13.1 Å². The molecule has 3 atom stereocenters. The van der Waals surface area contributed by atoms with E-state index in [2.05, 4.69) is 29.2 Å². The van der Waals surface area contributed by atoms with E-state index < -0.39 is 0 Å². The number of hydrogen-bond acceptors (Lipinski definition) is 3. The number of fused-ring (bicyclic) bond motifs is 3. The van der Waals surface area contributed by atoms with Gasteiger partial charge in [-0.3, -0.25) is 4.90 Å². The fourth-order valence-corrected chi connectivity index (χ4v) is 3.34. The van der Waals surface area contributed by atoms with E-state index in [9.17, 15) is 0 Å². The lowest BCUT2D eigenvalue weighted by molar-refractivity contribution is 0.0605. The van der Waals surface area contributed by atoms with Gasteiger partial charge in [-0.05, 0) is 11.1 Å². The number of nitrogens with two attached hydrogens (primary N) is 1. The van der Waals surface area contributed by atoms with Gasteiger partial charge in [0.2, 0.25) is 0 Å². The quantitative estimate of drug-likeness (QED) is 0.813. The normalized spacial score (nSPS) is 32.8. The first kappa shape index (κ1) is 10.3. The van der Waals surface area contributed by atoms with Gasteiger partial charge in [-0.2, -0.15) is 0 Å². The van der Waals surface area contributed by atoms with E-state index in [1.165, 1.54) is 11.1 Å². The minimum atomic E-state index is 0.262. The zero-order valence-corrected chi connectivity index (χ0v) is 9.60. The minimum absolute atomic E-state index is 0.262. The van der Waals surface area contributed by atoms with Crippen LogP contribution < -0.4 is 5.73 Å². The summed E-state index contributed by atoms with van der Waals surface area (Å²) in [5, 5.41) is 0. The second-order valence-electron chi connectivity index (χ2n) is 4.77. The predicted octanol–water partition coefficient (Wildman–Crippen LogP) is 1.32. The highest BCUT2D eigenvalue weighted by molar-refractivity contribution is 5.40. The van der Waals surface area contributed by atoms with Crippen LogP contribution in [0.1, 0.15) is 23.1 Å². The third-order valence-corrected chi connectivity index (χ3v) is 4.04. The Hall–Kier alpha value is -0.900. The Balaban J connectivity index is 1.98. The summed E-state index contributed by atoms with van der Waals surface area (Å²) in [4.78, 5) is 2.32. The zero-order chi connectivity index (χ0) is 11.1. The summed E-state index contributed by atoms with van der Waals surface area (Å²) in [7, 11) is 1.81. The van der Waals surface area contributed by atoms with Crippen LogP contribution in [0.5, 0.6) is 0 Å². The molecule has 1 fully saturated rings. The number of ether oxygens (including phenoxy) is 1. The molecule has 16 heavy (non-hydrogen) atoms. The molecule has 2 aliphatic rings. The highest BCUT2D eigenvalue weighted by Crippen LogP contribution is 2.50. The Morgan fingerprint density at radius 3 is 2.75 bits per heavy atom. The van der Waals surface area contributed by atoms with Gasteiger partial charge in [-0.15, -0.1) is 0 Å². The van der Waals surface area contributed by atoms with Gasteiger partial charge in [0.25, 0.3) is 0 Å². The molecule has 0 aromatic heterocycles. The van der Waals surface area contributed by atoms with Crippen LogP contribution in [0.2, 0.25) is 0 Å². The molecule has 1 aromatic carbocycles. The first-order valence-corrected chi connectivity index (χ1v) is 5.89. The molecular formula is C13H18N2O. The maximum atomic E-state index is 5.73. The number of methoxy groups -OCH3 is 1. The Morgan fingerprint density at radius 1 is 1.31 bits per heavy atom. The highest BCUT2D eigenvalue weighted by Gasteiger charge is 2.45. The summed E-state index contributed by atoms with van der Waals surface area (Å²) >= 11 is 0. The predicted molar refractivity (Wildman–Crippen MR) is 63.1 cm³/mol. The Morgan fingerprint density at radius 2 is 2.06 bits per heavy atom. The maximum absolute atomic E-state index is 5.73. The summed E-state index contributed by atoms with van der Waals surface area (Å²) in [6.45, 7) is 2.80. The average Bonchev–Trinajstić information content (AvgIpc) is 2.85. The van der Waals surface area contributed by atoms with Crippen LogP contribution >= 0.6 is 0 Å². The smallest absolute Gasteiger partial charge is 0.0870 e. The SMILES string of the molecule is COC1c2ccccc2C2CN(CN)CC21. The molecule has 0 bridgehead atoms. The molecule has 1 heterocycles. The van der Waals surface area contributed by atoms with Crippen molar-refractivity contribution in [2.75, 3.05) is 26.9 Å². The Bertz CT molecular complexity index is 393. The highest BCUT2D eigenvalue weighted by atomic mass is 16.5. The van der Waals surface area contributed by atoms with Crippen molar-refractivity contribution in [3.05, 3.63) is 35.4 Å². The first-order chi connectivity index (χ1) is 7.85. The summed E-state index contributed by atoms with van der Waals surface area (Å²) in [5.74, 6) is 1.20. The molecule has 1 aromatic rings. The van der Waals surface area contributed by atoms with Crippen LogP contribution in [-0.4, -0.2) is 31.8 Å². The fraction of sp³-hybridized carbons (Fsp3) is 0.538. The second kappa shape index (κ2) is 3.84. The topological polar surface area (TPSA) is 38.5 Å². The van der Waals surface area contributed by atoms with Crippen LogP contribution in [-0.2, 0) is 4.74 Å². The van der Waals surface area contributed by atoms with Gasteiger partial charge < -0.3 is 10.5 Å². The molecule has 3 unspecified atom stereocenters. The van der Waals surface area contributed by atoms with Crippen molar-refractivity contribution in [3.63, 3.8) is 0 Å². The van der Waals surface area contributed by atoms with Gasteiger partial charge in [-0.25, -0.2) is 0 Å². The van der Waals surface area contributed by atoms with Crippen molar-refractivity contribution in [2.24, 2.45) is 11.7 Å². The number of hydrogen-bond donors (Lipinski definition) is 1. The summed E-state index contributed by atoms with van der Waals surface area (Å²) in [5.41, 5.74) is 8.58. The number of benzene rings is 1. The van der Waals surface area contributed by atoms with Gasteiger partial charge in [0.1, 0.15) is 0 Å². The number of likely N-dealkylation sites (tertiary alicyclic amines) is 1. The van der Waals surface area contributed by atoms with Crippen molar-refractivity contribution in [1.29, 1.82) is 0 Å². The lowest BCUT2D eigenvalue weighted by Crippen LogP contribution is -2.29.